The van der Waals surface area contributed by atoms with Crippen molar-refractivity contribution in [3.05, 3.63) is 48.0 Å². The Bertz CT molecular complexity index is 733. The van der Waals surface area contributed by atoms with Gasteiger partial charge in [0.25, 0.3) is 16.6 Å². The number of aryl methyl sites for hydroxylation is 1. The van der Waals surface area contributed by atoms with Gasteiger partial charge >= 0.3 is 0 Å². The maximum absolute atomic E-state index is 11.5. The van der Waals surface area contributed by atoms with E-state index < -0.39 is 10.1 Å². The molecule has 0 saturated heterocycles. The van der Waals surface area contributed by atoms with Crippen LogP contribution in [-0.2, 0) is 14.9 Å². The Morgan fingerprint density at radius 3 is 2.30 bits per heavy atom. The molecule has 5 nitrogen and oxygen atoms in total. The molecule has 0 aliphatic carbocycles. The second-order valence-corrected chi connectivity index (χ2v) is 5.60. The van der Waals surface area contributed by atoms with E-state index in [0.717, 1.165) is 11.6 Å². The summed E-state index contributed by atoms with van der Waals surface area (Å²) in [6.07, 6.45) is 0. The fraction of sp³-hybridized carbons (Fsp3) is 0.0714. The predicted octanol–water partition coefficient (Wildman–Crippen LogP) is 2.44. The van der Waals surface area contributed by atoms with Crippen LogP contribution in [0.1, 0.15) is 5.56 Å². The highest BCUT2D eigenvalue weighted by Gasteiger charge is 2.18. The van der Waals surface area contributed by atoms with Gasteiger partial charge in [-0.05, 0) is 24.6 Å². The van der Waals surface area contributed by atoms with E-state index in [1.54, 1.807) is 12.1 Å². The highest BCUT2D eigenvalue weighted by atomic mass is 32.2. The van der Waals surface area contributed by atoms with Gasteiger partial charge in [-0.25, -0.2) is 0 Å². The van der Waals surface area contributed by atoms with Crippen molar-refractivity contribution in [2.75, 3.05) is 0 Å². The van der Waals surface area contributed by atoms with E-state index in [-0.39, 0.29) is 17.1 Å². The number of hydrogen-bond donors (Lipinski definition) is 1. The Labute approximate surface area is 116 Å². The first kappa shape index (κ1) is 14.2. The maximum Gasteiger partial charge on any atom is 0.298 e. The van der Waals surface area contributed by atoms with Crippen LogP contribution in [0.25, 0.3) is 11.1 Å². The lowest BCUT2D eigenvalue weighted by atomic mass is 10.0. The molecule has 2 aromatic rings. The minimum atomic E-state index is -4.43. The van der Waals surface area contributed by atoms with Crippen molar-refractivity contribution in [1.82, 2.24) is 0 Å². The summed E-state index contributed by atoms with van der Waals surface area (Å²) in [5, 5.41) is 0. The monoisotopic (exact) mass is 292 g/mol. The molecule has 6 heteroatoms. The van der Waals surface area contributed by atoms with Gasteiger partial charge < -0.3 is 4.74 Å². The first-order valence-corrected chi connectivity index (χ1v) is 7.15. The molecule has 0 heterocycles. The summed E-state index contributed by atoms with van der Waals surface area (Å²) in [5.74, 6) is 0.0449. The third kappa shape index (κ3) is 3.04. The Kier molecular flexibility index (Phi) is 3.87. The minimum Gasteiger partial charge on any atom is -0.429 e. The predicted molar refractivity (Wildman–Crippen MR) is 73.1 cm³/mol. The zero-order valence-electron chi connectivity index (χ0n) is 10.6. The molecule has 0 fully saturated rings. The van der Waals surface area contributed by atoms with Crippen LogP contribution in [0.3, 0.4) is 0 Å². The second-order valence-electron chi connectivity index (χ2n) is 4.21. The van der Waals surface area contributed by atoms with E-state index in [1.165, 1.54) is 12.1 Å². The summed E-state index contributed by atoms with van der Waals surface area (Å²) in [6, 6.07) is 11.2. The maximum atomic E-state index is 11.5. The van der Waals surface area contributed by atoms with Gasteiger partial charge in [0.15, 0.2) is 0 Å². The van der Waals surface area contributed by atoms with Gasteiger partial charge in [0, 0.05) is 11.6 Å². The van der Waals surface area contributed by atoms with E-state index in [2.05, 4.69) is 4.74 Å². The van der Waals surface area contributed by atoms with Crippen molar-refractivity contribution < 1.29 is 22.5 Å². The standard InChI is InChI=1S/C14H12O5S/c1-10-2-4-11(5-3-10)13-7-6-12(19-9-15)8-14(13)20(16,17)18/h2-9H,1H3,(H,16,17,18). The zero-order valence-corrected chi connectivity index (χ0v) is 11.4. The van der Waals surface area contributed by atoms with Crippen LogP contribution < -0.4 is 4.74 Å². The second kappa shape index (κ2) is 5.44. The van der Waals surface area contributed by atoms with Crippen molar-refractivity contribution in [3.63, 3.8) is 0 Å². The smallest absolute Gasteiger partial charge is 0.298 e. The third-order valence-electron chi connectivity index (χ3n) is 2.78. The molecular weight excluding hydrogens is 280 g/mol. The quantitative estimate of drug-likeness (QED) is 0.691. The van der Waals surface area contributed by atoms with Crippen molar-refractivity contribution in [2.24, 2.45) is 0 Å². The van der Waals surface area contributed by atoms with Gasteiger partial charge in [-0.2, -0.15) is 8.42 Å². The lowest BCUT2D eigenvalue weighted by Crippen LogP contribution is -2.02. The molecule has 0 radical (unpaired) electrons. The molecule has 0 amide bonds. The topological polar surface area (TPSA) is 80.7 Å². The SMILES string of the molecule is Cc1ccc(-c2ccc(OC=O)cc2S(=O)(=O)O)cc1. The third-order valence-corrected chi connectivity index (χ3v) is 3.67. The molecular formula is C14H12O5S. The fourth-order valence-corrected chi connectivity index (χ4v) is 2.55. The van der Waals surface area contributed by atoms with Crippen molar-refractivity contribution in [2.45, 2.75) is 11.8 Å². The van der Waals surface area contributed by atoms with Crippen LogP contribution in [-0.4, -0.2) is 19.4 Å². The average molecular weight is 292 g/mol. The lowest BCUT2D eigenvalue weighted by molar-refractivity contribution is -0.120. The Hall–Kier alpha value is -2.18. The van der Waals surface area contributed by atoms with E-state index in [9.17, 15) is 17.8 Å². The van der Waals surface area contributed by atoms with Crippen LogP contribution in [0.4, 0.5) is 0 Å². The van der Waals surface area contributed by atoms with Gasteiger partial charge in [0.05, 0.1) is 0 Å². The van der Waals surface area contributed by atoms with Crippen LogP contribution in [0.15, 0.2) is 47.4 Å². The molecule has 0 spiro atoms. The molecule has 0 unspecified atom stereocenters. The highest BCUT2D eigenvalue weighted by Crippen LogP contribution is 2.30. The van der Waals surface area contributed by atoms with Gasteiger partial charge in [0.2, 0.25) is 0 Å². The molecule has 0 bridgehead atoms. The first-order valence-electron chi connectivity index (χ1n) is 5.70. The molecule has 0 atom stereocenters. The number of rotatable bonds is 4. The summed E-state index contributed by atoms with van der Waals surface area (Å²) in [7, 11) is -4.43. The zero-order chi connectivity index (χ0) is 14.8. The molecule has 0 saturated carbocycles. The van der Waals surface area contributed by atoms with E-state index in [0.29, 0.717) is 11.1 Å². The minimum absolute atomic E-state index is 0.0449. The van der Waals surface area contributed by atoms with Crippen molar-refractivity contribution >= 4 is 16.6 Å². The van der Waals surface area contributed by atoms with Crippen molar-refractivity contribution in [1.29, 1.82) is 0 Å². The van der Waals surface area contributed by atoms with E-state index in [4.69, 9.17) is 0 Å². The largest absolute Gasteiger partial charge is 0.429 e. The summed E-state index contributed by atoms with van der Waals surface area (Å²) in [6.45, 7) is 2.10. The molecule has 20 heavy (non-hydrogen) atoms. The summed E-state index contributed by atoms with van der Waals surface area (Å²) in [4.78, 5) is 9.99. The molecule has 2 rings (SSSR count). The highest BCUT2D eigenvalue weighted by molar-refractivity contribution is 7.86. The molecule has 0 aromatic heterocycles. The normalized spacial score (nSPS) is 11.1. The number of hydrogen-bond acceptors (Lipinski definition) is 4. The van der Waals surface area contributed by atoms with Gasteiger partial charge in [-0.3, -0.25) is 9.35 Å². The molecule has 1 N–H and O–H groups in total. The van der Waals surface area contributed by atoms with Crippen LogP contribution >= 0.6 is 0 Å². The van der Waals surface area contributed by atoms with Crippen LogP contribution in [0.5, 0.6) is 5.75 Å². The summed E-state index contributed by atoms with van der Waals surface area (Å²) in [5.41, 5.74) is 2.01. The number of carbonyl (C=O) groups is 1. The fourth-order valence-electron chi connectivity index (χ4n) is 1.82. The number of carbonyl (C=O) groups excluding carboxylic acids is 1. The van der Waals surface area contributed by atoms with Crippen LogP contribution in [0, 0.1) is 6.92 Å². The lowest BCUT2D eigenvalue weighted by Gasteiger charge is -2.09. The summed E-state index contributed by atoms with van der Waals surface area (Å²) >= 11 is 0. The Morgan fingerprint density at radius 1 is 1.10 bits per heavy atom. The summed E-state index contributed by atoms with van der Waals surface area (Å²) < 4.78 is 36.8. The van der Waals surface area contributed by atoms with Gasteiger partial charge in [0.1, 0.15) is 10.6 Å². The van der Waals surface area contributed by atoms with E-state index in [1.807, 2.05) is 19.1 Å². The van der Waals surface area contributed by atoms with Crippen molar-refractivity contribution in [3.8, 4) is 16.9 Å². The Balaban J connectivity index is 2.63. The van der Waals surface area contributed by atoms with Gasteiger partial charge in [-0.1, -0.05) is 29.8 Å². The number of ether oxygens (including phenoxy) is 1. The molecule has 0 aliphatic rings. The van der Waals surface area contributed by atoms with E-state index >= 15 is 0 Å². The number of benzene rings is 2. The first-order chi connectivity index (χ1) is 9.41. The molecule has 2 aromatic carbocycles. The average Bonchev–Trinajstić information content (AvgIpc) is 2.39. The molecule has 104 valence electrons. The van der Waals surface area contributed by atoms with Crippen LogP contribution in [0.2, 0.25) is 0 Å². The Morgan fingerprint density at radius 2 is 1.75 bits per heavy atom. The molecule has 0 aliphatic heterocycles. The van der Waals surface area contributed by atoms with Gasteiger partial charge in [-0.15, -0.1) is 0 Å².